The lowest BCUT2D eigenvalue weighted by Gasteiger charge is -2.21. The molecule has 0 aliphatic carbocycles. The van der Waals surface area contributed by atoms with Crippen LogP contribution in [-0.2, 0) is 11.3 Å². The van der Waals surface area contributed by atoms with Gasteiger partial charge < -0.3 is 9.88 Å². The van der Waals surface area contributed by atoms with Gasteiger partial charge in [-0.3, -0.25) is 4.79 Å². The van der Waals surface area contributed by atoms with Gasteiger partial charge in [-0.1, -0.05) is 0 Å². The zero-order valence-corrected chi connectivity index (χ0v) is 10.2. The van der Waals surface area contributed by atoms with Crippen LogP contribution in [0.15, 0.2) is 12.1 Å². The number of hydrogen-bond acceptors (Lipinski definition) is 1. The average Bonchev–Trinajstić information content (AvgIpc) is 2.32. The second-order valence-electron chi connectivity index (χ2n) is 5.00. The first-order valence-corrected chi connectivity index (χ1v) is 5.23. The first-order chi connectivity index (χ1) is 6.79. The van der Waals surface area contributed by atoms with Crippen molar-refractivity contribution in [1.82, 2.24) is 9.88 Å². The molecule has 0 aliphatic rings. The molecule has 84 valence electrons. The molecule has 0 fully saturated rings. The van der Waals surface area contributed by atoms with Crippen LogP contribution >= 0.6 is 0 Å². The molecule has 1 rings (SSSR count). The fourth-order valence-corrected chi connectivity index (χ4v) is 1.55. The summed E-state index contributed by atoms with van der Waals surface area (Å²) in [6.07, 6.45) is 0. The summed E-state index contributed by atoms with van der Waals surface area (Å²) >= 11 is 0. The van der Waals surface area contributed by atoms with Crippen molar-refractivity contribution >= 4 is 5.91 Å². The minimum absolute atomic E-state index is 0.0601. The number of rotatable bonds is 2. The normalized spacial score (nSPS) is 11.5. The van der Waals surface area contributed by atoms with Gasteiger partial charge in [-0.2, -0.15) is 0 Å². The van der Waals surface area contributed by atoms with Crippen LogP contribution in [0.3, 0.4) is 0 Å². The van der Waals surface area contributed by atoms with Crippen molar-refractivity contribution in [3.63, 3.8) is 0 Å². The highest BCUT2D eigenvalue weighted by atomic mass is 16.2. The molecule has 1 amide bonds. The zero-order valence-electron chi connectivity index (χ0n) is 10.2. The number of hydrogen-bond donors (Lipinski definition) is 1. The quantitative estimate of drug-likeness (QED) is 0.792. The van der Waals surface area contributed by atoms with Gasteiger partial charge in [0.25, 0.3) is 0 Å². The summed E-state index contributed by atoms with van der Waals surface area (Å²) in [5.41, 5.74) is 2.08. The Labute approximate surface area is 91.5 Å². The van der Waals surface area contributed by atoms with Crippen LogP contribution in [0.2, 0.25) is 0 Å². The maximum absolute atomic E-state index is 11.7. The van der Waals surface area contributed by atoms with E-state index in [-0.39, 0.29) is 11.4 Å². The van der Waals surface area contributed by atoms with E-state index in [1.54, 1.807) is 0 Å². The van der Waals surface area contributed by atoms with E-state index in [2.05, 4.69) is 5.32 Å². The Bertz CT molecular complexity index is 339. The summed E-state index contributed by atoms with van der Waals surface area (Å²) in [5.74, 6) is 0.0601. The van der Waals surface area contributed by atoms with Crippen molar-refractivity contribution in [3.05, 3.63) is 23.5 Å². The van der Waals surface area contributed by atoms with Gasteiger partial charge in [0.1, 0.15) is 6.54 Å². The topological polar surface area (TPSA) is 34.0 Å². The number of carbonyl (C=O) groups excluding carboxylic acids is 1. The van der Waals surface area contributed by atoms with Gasteiger partial charge in [-0.05, 0) is 46.8 Å². The maximum atomic E-state index is 11.7. The second kappa shape index (κ2) is 4.09. The molecule has 1 aromatic heterocycles. The molecule has 0 saturated carbocycles. The van der Waals surface area contributed by atoms with Crippen LogP contribution in [0.5, 0.6) is 0 Å². The molecule has 3 nitrogen and oxygen atoms in total. The van der Waals surface area contributed by atoms with Crippen molar-refractivity contribution in [3.8, 4) is 0 Å². The Kier molecular flexibility index (Phi) is 3.22. The van der Waals surface area contributed by atoms with E-state index in [9.17, 15) is 4.79 Å². The molecule has 0 radical (unpaired) electrons. The molecule has 1 N–H and O–H groups in total. The lowest BCUT2D eigenvalue weighted by Crippen LogP contribution is -2.42. The molecule has 3 heteroatoms. The molecule has 0 aliphatic heterocycles. The number of nitrogens with one attached hydrogen (secondary N) is 1. The molecule has 0 atom stereocenters. The van der Waals surface area contributed by atoms with E-state index in [0.29, 0.717) is 6.54 Å². The third kappa shape index (κ3) is 3.42. The van der Waals surface area contributed by atoms with E-state index < -0.39 is 0 Å². The highest BCUT2D eigenvalue weighted by Gasteiger charge is 2.14. The van der Waals surface area contributed by atoms with Gasteiger partial charge in [0.05, 0.1) is 0 Å². The molecule has 1 heterocycles. The molecule has 0 unspecified atom stereocenters. The Morgan fingerprint density at radius 3 is 2.13 bits per heavy atom. The fraction of sp³-hybridized carbons (Fsp3) is 0.583. The number of nitrogens with zero attached hydrogens (tertiary/aromatic N) is 1. The van der Waals surface area contributed by atoms with Gasteiger partial charge in [0, 0.05) is 16.9 Å². The van der Waals surface area contributed by atoms with Crippen molar-refractivity contribution in [2.45, 2.75) is 46.7 Å². The highest BCUT2D eigenvalue weighted by molar-refractivity contribution is 5.76. The number of carbonyl (C=O) groups is 1. The van der Waals surface area contributed by atoms with Gasteiger partial charge in [0.2, 0.25) is 5.91 Å². The molecular weight excluding hydrogens is 188 g/mol. The summed E-state index contributed by atoms with van der Waals surface area (Å²) in [6.45, 7) is 10.4. The molecule has 0 bridgehead atoms. The van der Waals surface area contributed by atoms with E-state index in [4.69, 9.17) is 0 Å². The predicted molar refractivity (Wildman–Crippen MR) is 61.8 cm³/mol. The Morgan fingerprint density at radius 2 is 1.73 bits per heavy atom. The first-order valence-electron chi connectivity index (χ1n) is 5.23. The lowest BCUT2D eigenvalue weighted by atomic mass is 10.1. The standard InChI is InChI=1S/C12H20N2O/c1-9-6-7-10(2)14(9)8-11(15)13-12(3,4)5/h6-7H,8H2,1-5H3,(H,13,15). The van der Waals surface area contributed by atoms with Crippen LogP contribution in [0.25, 0.3) is 0 Å². The molecule has 0 saturated heterocycles. The number of amides is 1. The summed E-state index contributed by atoms with van der Waals surface area (Å²) in [5, 5.41) is 2.95. The Hall–Kier alpha value is -1.25. The van der Waals surface area contributed by atoms with E-state index in [1.165, 1.54) is 0 Å². The molecule has 0 aromatic carbocycles. The van der Waals surface area contributed by atoms with Crippen LogP contribution < -0.4 is 5.32 Å². The minimum Gasteiger partial charge on any atom is -0.350 e. The lowest BCUT2D eigenvalue weighted by molar-refractivity contribution is -0.123. The second-order valence-corrected chi connectivity index (χ2v) is 5.00. The van der Waals surface area contributed by atoms with Gasteiger partial charge in [0.15, 0.2) is 0 Å². The van der Waals surface area contributed by atoms with Crippen LogP contribution in [-0.4, -0.2) is 16.0 Å². The smallest absolute Gasteiger partial charge is 0.240 e. The van der Waals surface area contributed by atoms with Gasteiger partial charge >= 0.3 is 0 Å². The fourth-order valence-electron chi connectivity index (χ4n) is 1.55. The number of aromatic nitrogens is 1. The Morgan fingerprint density at radius 1 is 1.27 bits per heavy atom. The highest BCUT2D eigenvalue weighted by Crippen LogP contribution is 2.07. The third-order valence-corrected chi connectivity index (χ3v) is 2.23. The van der Waals surface area contributed by atoms with Crippen molar-refractivity contribution in [2.24, 2.45) is 0 Å². The van der Waals surface area contributed by atoms with Gasteiger partial charge in [-0.15, -0.1) is 0 Å². The maximum Gasteiger partial charge on any atom is 0.240 e. The molecule has 15 heavy (non-hydrogen) atoms. The number of aryl methyl sites for hydroxylation is 2. The summed E-state index contributed by atoms with van der Waals surface area (Å²) in [4.78, 5) is 11.7. The predicted octanol–water partition coefficient (Wildman–Crippen LogP) is 2.02. The average molecular weight is 208 g/mol. The summed E-state index contributed by atoms with van der Waals surface area (Å²) in [6, 6.07) is 4.05. The largest absolute Gasteiger partial charge is 0.350 e. The minimum atomic E-state index is -0.161. The molecule has 1 aromatic rings. The zero-order chi connectivity index (χ0) is 11.6. The summed E-state index contributed by atoms with van der Waals surface area (Å²) < 4.78 is 2.01. The third-order valence-electron chi connectivity index (χ3n) is 2.23. The van der Waals surface area contributed by atoms with Crippen molar-refractivity contribution in [1.29, 1.82) is 0 Å². The van der Waals surface area contributed by atoms with Crippen LogP contribution in [0.4, 0.5) is 0 Å². The molecule has 0 spiro atoms. The SMILES string of the molecule is Cc1ccc(C)n1CC(=O)NC(C)(C)C. The monoisotopic (exact) mass is 208 g/mol. The molecular formula is C12H20N2O. The van der Waals surface area contributed by atoms with Crippen molar-refractivity contribution < 1.29 is 4.79 Å². The van der Waals surface area contributed by atoms with E-state index in [0.717, 1.165) is 11.4 Å². The van der Waals surface area contributed by atoms with Crippen LogP contribution in [0, 0.1) is 13.8 Å². The van der Waals surface area contributed by atoms with E-state index >= 15 is 0 Å². The summed E-state index contributed by atoms with van der Waals surface area (Å²) in [7, 11) is 0. The Balaban J connectivity index is 2.67. The van der Waals surface area contributed by atoms with Gasteiger partial charge in [-0.25, -0.2) is 0 Å². The van der Waals surface area contributed by atoms with Crippen LogP contribution in [0.1, 0.15) is 32.2 Å². The van der Waals surface area contributed by atoms with E-state index in [1.807, 2.05) is 51.3 Å². The van der Waals surface area contributed by atoms with Crippen molar-refractivity contribution in [2.75, 3.05) is 0 Å². The first kappa shape index (κ1) is 11.8.